The molecule has 0 aromatic carbocycles. The standard InChI is InChI=1S/C16H25N5/c1-12(2)10-20(11-14-5-4-6-17-14)16-15-9-13(3)19-21(15)8-7-18-16/h7-9,12,14,17H,4-6,10-11H2,1-3H3. The highest BCUT2D eigenvalue weighted by molar-refractivity contribution is 5.69. The summed E-state index contributed by atoms with van der Waals surface area (Å²) in [5, 5.41) is 8.09. The summed E-state index contributed by atoms with van der Waals surface area (Å²) >= 11 is 0. The third kappa shape index (κ3) is 3.18. The average molecular weight is 287 g/mol. The molecule has 3 heterocycles. The fourth-order valence-corrected chi connectivity index (χ4v) is 3.14. The number of rotatable bonds is 5. The molecule has 2 aromatic heterocycles. The first kappa shape index (κ1) is 14.3. The van der Waals surface area contributed by atoms with Gasteiger partial charge < -0.3 is 10.2 Å². The van der Waals surface area contributed by atoms with Crippen LogP contribution >= 0.6 is 0 Å². The third-order valence-electron chi connectivity index (χ3n) is 3.98. The lowest BCUT2D eigenvalue weighted by molar-refractivity contribution is 0.538. The van der Waals surface area contributed by atoms with E-state index in [1.54, 1.807) is 0 Å². The second-order valence-corrected chi connectivity index (χ2v) is 6.46. The van der Waals surface area contributed by atoms with Gasteiger partial charge in [0.1, 0.15) is 5.52 Å². The highest BCUT2D eigenvalue weighted by Crippen LogP contribution is 2.22. The number of aromatic nitrogens is 3. The summed E-state index contributed by atoms with van der Waals surface area (Å²) in [5.41, 5.74) is 2.14. The maximum absolute atomic E-state index is 4.65. The van der Waals surface area contributed by atoms with Crippen LogP contribution in [0.1, 0.15) is 32.4 Å². The summed E-state index contributed by atoms with van der Waals surface area (Å²) in [7, 11) is 0. The maximum Gasteiger partial charge on any atom is 0.154 e. The quantitative estimate of drug-likeness (QED) is 0.916. The van der Waals surface area contributed by atoms with Crippen LogP contribution in [0, 0.1) is 12.8 Å². The molecule has 0 aliphatic carbocycles. The van der Waals surface area contributed by atoms with Gasteiger partial charge in [0.05, 0.1) is 5.69 Å². The van der Waals surface area contributed by atoms with Crippen LogP contribution in [0.4, 0.5) is 5.82 Å². The molecule has 0 spiro atoms. The SMILES string of the molecule is Cc1cc2c(N(CC(C)C)CC3CCCN3)nccn2n1. The molecule has 1 unspecified atom stereocenters. The Kier molecular flexibility index (Phi) is 4.10. The molecule has 21 heavy (non-hydrogen) atoms. The predicted molar refractivity (Wildman–Crippen MR) is 85.8 cm³/mol. The number of hydrogen-bond acceptors (Lipinski definition) is 4. The molecule has 5 heteroatoms. The van der Waals surface area contributed by atoms with Crippen molar-refractivity contribution < 1.29 is 0 Å². The van der Waals surface area contributed by atoms with Gasteiger partial charge in [0.25, 0.3) is 0 Å². The lowest BCUT2D eigenvalue weighted by Gasteiger charge is -2.28. The Morgan fingerprint density at radius 1 is 1.48 bits per heavy atom. The summed E-state index contributed by atoms with van der Waals surface area (Å²) < 4.78 is 1.94. The first-order chi connectivity index (χ1) is 10.1. The van der Waals surface area contributed by atoms with Crippen molar-refractivity contribution in [2.75, 3.05) is 24.5 Å². The van der Waals surface area contributed by atoms with Crippen LogP contribution in [0.5, 0.6) is 0 Å². The van der Waals surface area contributed by atoms with Crippen molar-refractivity contribution in [3.05, 3.63) is 24.2 Å². The Balaban J connectivity index is 1.92. The van der Waals surface area contributed by atoms with Crippen molar-refractivity contribution >= 4 is 11.3 Å². The zero-order valence-electron chi connectivity index (χ0n) is 13.2. The van der Waals surface area contributed by atoms with Gasteiger partial charge in [0.2, 0.25) is 0 Å². The first-order valence-corrected chi connectivity index (χ1v) is 7.93. The van der Waals surface area contributed by atoms with Gasteiger partial charge in [-0.25, -0.2) is 9.50 Å². The van der Waals surface area contributed by atoms with Crippen LogP contribution in [-0.2, 0) is 0 Å². The summed E-state index contributed by atoms with van der Waals surface area (Å²) in [4.78, 5) is 7.07. The zero-order valence-corrected chi connectivity index (χ0v) is 13.2. The van der Waals surface area contributed by atoms with Crippen LogP contribution in [-0.4, -0.2) is 40.3 Å². The minimum absolute atomic E-state index is 0.579. The molecule has 1 fully saturated rings. The Morgan fingerprint density at radius 3 is 3.05 bits per heavy atom. The molecular formula is C16H25N5. The Hall–Kier alpha value is -1.62. The fourth-order valence-electron chi connectivity index (χ4n) is 3.14. The minimum Gasteiger partial charge on any atom is -0.353 e. The highest BCUT2D eigenvalue weighted by atomic mass is 15.3. The molecule has 0 radical (unpaired) electrons. The van der Waals surface area contributed by atoms with E-state index in [1.165, 1.54) is 12.8 Å². The van der Waals surface area contributed by atoms with Gasteiger partial charge in [-0.15, -0.1) is 0 Å². The molecule has 114 valence electrons. The van der Waals surface area contributed by atoms with E-state index in [9.17, 15) is 0 Å². The monoisotopic (exact) mass is 287 g/mol. The summed E-state index contributed by atoms with van der Waals surface area (Å²) in [6, 6.07) is 2.70. The van der Waals surface area contributed by atoms with E-state index in [0.717, 1.165) is 36.7 Å². The van der Waals surface area contributed by atoms with Gasteiger partial charge in [-0.05, 0) is 38.3 Å². The smallest absolute Gasteiger partial charge is 0.154 e. The molecule has 1 atom stereocenters. The van der Waals surface area contributed by atoms with Crippen LogP contribution in [0.25, 0.3) is 5.52 Å². The molecule has 5 nitrogen and oxygen atoms in total. The summed E-state index contributed by atoms with van der Waals surface area (Å²) in [6.45, 7) is 9.74. The topological polar surface area (TPSA) is 45.5 Å². The van der Waals surface area contributed by atoms with Crippen molar-refractivity contribution in [1.82, 2.24) is 19.9 Å². The molecule has 3 rings (SSSR count). The predicted octanol–water partition coefficient (Wildman–Crippen LogP) is 2.25. The van der Waals surface area contributed by atoms with Crippen molar-refractivity contribution in [1.29, 1.82) is 0 Å². The first-order valence-electron chi connectivity index (χ1n) is 7.93. The molecule has 1 aliphatic heterocycles. The number of aryl methyl sites for hydroxylation is 1. The second kappa shape index (κ2) is 6.02. The number of nitrogens with zero attached hydrogens (tertiary/aromatic N) is 4. The second-order valence-electron chi connectivity index (χ2n) is 6.46. The Morgan fingerprint density at radius 2 is 2.33 bits per heavy atom. The Bertz CT molecular complexity index is 598. The van der Waals surface area contributed by atoms with Crippen LogP contribution in [0.2, 0.25) is 0 Å². The maximum atomic E-state index is 4.65. The lowest BCUT2D eigenvalue weighted by Crippen LogP contribution is -2.40. The summed E-state index contributed by atoms with van der Waals surface area (Å²) in [5.74, 6) is 1.66. The highest BCUT2D eigenvalue weighted by Gasteiger charge is 2.21. The minimum atomic E-state index is 0.579. The van der Waals surface area contributed by atoms with Crippen LogP contribution in [0.3, 0.4) is 0 Å². The zero-order chi connectivity index (χ0) is 14.8. The van der Waals surface area contributed by atoms with Crippen molar-refractivity contribution in [2.45, 2.75) is 39.7 Å². The van der Waals surface area contributed by atoms with Crippen molar-refractivity contribution in [2.24, 2.45) is 5.92 Å². The molecular weight excluding hydrogens is 262 g/mol. The normalized spacial score (nSPS) is 18.8. The van der Waals surface area contributed by atoms with E-state index in [2.05, 4.69) is 40.2 Å². The van der Waals surface area contributed by atoms with E-state index < -0.39 is 0 Å². The van der Waals surface area contributed by atoms with Gasteiger partial charge >= 0.3 is 0 Å². The molecule has 1 aliphatic rings. The van der Waals surface area contributed by atoms with Gasteiger partial charge in [-0.1, -0.05) is 13.8 Å². The van der Waals surface area contributed by atoms with E-state index >= 15 is 0 Å². The van der Waals surface area contributed by atoms with E-state index in [0.29, 0.717) is 12.0 Å². The molecule has 0 amide bonds. The molecule has 1 N–H and O–H groups in total. The number of anilines is 1. The van der Waals surface area contributed by atoms with Crippen LogP contribution in [0.15, 0.2) is 18.5 Å². The van der Waals surface area contributed by atoms with E-state index in [-0.39, 0.29) is 0 Å². The molecule has 0 saturated carbocycles. The lowest BCUT2D eigenvalue weighted by atomic mass is 10.1. The molecule has 1 saturated heterocycles. The van der Waals surface area contributed by atoms with Gasteiger partial charge in [-0.2, -0.15) is 5.10 Å². The van der Waals surface area contributed by atoms with Crippen LogP contribution < -0.4 is 10.2 Å². The summed E-state index contributed by atoms with van der Waals surface area (Å²) in [6.07, 6.45) is 6.32. The largest absolute Gasteiger partial charge is 0.353 e. The van der Waals surface area contributed by atoms with E-state index in [4.69, 9.17) is 0 Å². The molecule has 2 aromatic rings. The Labute approximate surface area is 126 Å². The third-order valence-corrected chi connectivity index (χ3v) is 3.98. The van der Waals surface area contributed by atoms with Crippen molar-refractivity contribution in [3.8, 4) is 0 Å². The number of hydrogen-bond donors (Lipinski definition) is 1. The molecule has 0 bridgehead atoms. The van der Waals surface area contributed by atoms with Gasteiger partial charge in [0, 0.05) is 31.5 Å². The van der Waals surface area contributed by atoms with Crippen molar-refractivity contribution in [3.63, 3.8) is 0 Å². The van der Waals surface area contributed by atoms with E-state index in [1.807, 2.05) is 23.8 Å². The number of fused-ring (bicyclic) bond motifs is 1. The fraction of sp³-hybridized carbons (Fsp3) is 0.625. The van der Waals surface area contributed by atoms with Gasteiger partial charge in [0.15, 0.2) is 5.82 Å². The number of nitrogens with one attached hydrogen (secondary N) is 1. The van der Waals surface area contributed by atoms with Gasteiger partial charge in [-0.3, -0.25) is 0 Å². The average Bonchev–Trinajstić information content (AvgIpc) is 3.04.